The second-order valence-electron chi connectivity index (χ2n) is 16.9. The van der Waals surface area contributed by atoms with E-state index in [1.807, 2.05) is 54.5 Å². The molecular formula is C44H58BBrF2N4O10. The van der Waals surface area contributed by atoms with E-state index in [1.165, 1.54) is 28.4 Å². The monoisotopic (exact) mass is 930 g/mol. The first-order valence-corrected chi connectivity index (χ1v) is 20.5. The van der Waals surface area contributed by atoms with Gasteiger partial charge in [-0.2, -0.15) is 0 Å². The van der Waals surface area contributed by atoms with Crippen LogP contribution in [0, 0.1) is 0 Å². The van der Waals surface area contributed by atoms with Crippen molar-refractivity contribution in [3.8, 4) is 22.6 Å². The van der Waals surface area contributed by atoms with Gasteiger partial charge in [-0.3, -0.25) is 20.2 Å². The normalized spacial score (nSPS) is 14.0. The van der Waals surface area contributed by atoms with E-state index in [4.69, 9.17) is 28.3 Å². The zero-order chi connectivity index (χ0) is 46.6. The fraction of sp³-hybridized carbons (Fsp3) is 0.455. The largest absolute Gasteiger partial charge is 0.495 e. The number of benzene rings is 2. The molecule has 0 aliphatic carbocycles. The lowest BCUT2D eigenvalue weighted by atomic mass is 9.80. The Hall–Kier alpha value is -5.20. The molecule has 0 spiro atoms. The van der Waals surface area contributed by atoms with Crippen molar-refractivity contribution in [1.82, 2.24) is 9.13 Å². The molecule has 0 bridgehead atoms. The minimum absolute atomic E-state index is 0.0289. The molecule has 2 amide bonds. The predicted molar refractivity (Wildman–Crippen MR) is 241 cm³/mol. The highest BCUT2D eigenvalue weighted by molar-refractivity contribution is 9.10. The van der Waals surface area contributed by atoms with Crippen molar-refractivity contribution < 1.29 is 46.6 Å². The summed E-state index contributed by atoms with van der Waals surface area (Å²) in [7, 11) is 2.47. The smallest absolute Gasteiger partial charge is 0.495 e. The molecular weight excluding hydrogens is 873 g/mol. The van der Waals surface area contributed by atoms with E-state index >= 15 is 0 Å². The van der Waals surface area contributed by atoms with Crippen LogP contribution in [-0.4, -0.2) is 78.4 Å². The maximum absolute atomic E-state index is 12.4. The zero-order valence-corrected chi connectivity index (χ0v) is 39.0. The average Bonchev–Trinajstić information content (AvgIpc) is 3.39. The first kappa shape index (κ1) is 51.2. The molecule has 62 heavy (non-hydrogen) atoms. The standard InChI is InChI=1S/C19H23FN2O4.C13H19BFNO3.C12H16BrNO3/c1-19(2,3)26-18(24)21-15-6-5-13(11-16(15)25-4)14-7-9-22(10-8-20)17(23)12-14;1-12(2)13(3,4)19-14(18-12)10-5-7-16(8-6-15)11(17)9-10;1-12(2,3)17-11(15)14-9-6-5-8(13)7-10(9)16-4/h5-7,9,11-12H,8,10H2,1-4H3,(H,21,24);5,7,9H,6,8H2,1-4H3;5-7H,1-4H3,(H,14,15). The number of amides is 2. The number of hydrogen-bond acceptors (Lipinski definition) is 10. The van der Waals surface area contributed by atoms with Crippen molar-refractivity contribution in [1.29, 1.82) is 0 Å². The molecule has 5 rings (SSSR count). The summed E-state index contributed by atoms with van der Waals surface area (Å²) < 4.78 is 60.8. The second-order valence-corrected chi connectivity index (χ2v) is 17.8. The molecule has 1 aliphatic heterocycles. The lowest BCUT2D eigenvalue weighted by molar-refractivity contribution is 0.00578. The fourth-order valence-corrected chi connectivity index (χ4v) is 5.80. The van der Waals surface area contributed by atoms with Gasteiger partial charge in [-0.05, 0) is 128 Å². The number of halogens is 3. The van der Waals surface area contributed by atoms with E-state index in [9.17, 15) is 28.0 Å². The van der Waals surface area contributed by atoms with Crippen molar-refractivity contribution in [2.24, 2.45) is 0 Å². The Balaban J connectivity index is 0.000000255. The molecule has 18 heteroatoms. The molecule has 2 aromatic carbocycles. The Kier molecular flexibility index (Phi) is 17.9. The number of rotatable bonds is 10. The quantitative estimate of drug-likeness (QED) is 0.147. The topological polar surface area (TPSA) is 158 Å². The highest BCUT2D eigenvalue weighted by Crippen LogP contribution is 2.36. The number of carbonyl (C=O) groups is 2. The Morgan fingerprint density at radius 3 is 1.55 bits per heavy atom. The number of anilines is 2. The maximum atomic E-state index is 12.4. The van der Waals surface area contributed by atoms with E-state index in [0.29, 0.717) is 33.9 Å². The van der Waals surface area contributed by atoms with E-state index in [2.05, 4.69) is 26.6 Å². The average molecular weight is 932 g/mol. The first-order chi connectivity index (χ1) is 28.8. The van der Waals surface area contributed by atoms with Gasteiger partial charge in [0.05, 0.1) is 49.9 Å². The van der Waals surface area contributed by atoms with Crippen LogP contribution in [0.15, 0.2) is 87.1 Å². The summed E-state index contributed by atoms with van der Waals surface area (Å²) in [6.07, 6.45) is 2.04. The Bertz CT molecular complexity index is 2260. The minimum Gasteiger partial charge on any atom is -0.495 e. The Labute approximate surface area is 370 Å². The summed E-state index contributed by atoms with van der Waals surface area (Å²) in [6.45, 7) is 17.5. The Morgan fingerprint density at radius 1 is 0.677 bits per heavy atom. The fourth-order valence-electron chi connectivity index (χ4n) is 5.46. The molecule has 1 aliphatic rings. The van der Waals surface area contributed by atoms with Crippen molar-refractivity contribution in [2.75, 3.05) is 38.2 Å². The van der Waals surface area contributed by atoms with E-state index in [-0.39, 0.29) is 24.2 Å². The van der Waals surface area contributed by atoms with Crippen LogP contribution in [-0.2, 0) is 31.9 Å². The SMILES string of the molecule is CC1(C)OB(c2ccn(CCF)c(=O)c2)OC1(C)C.COc1cc(-c2ccn(CCF)c(=O)c2)ccc1NC(=O)OC(C)(C)C.COc1cc(Br)ccc1NC(=O)OC(C)(C)C. The Morgan fingerprint density at radius 2 is 1.11 bits per heavy atom. The predicted octanol–water partition coefficient (Wildman–Crippen LogP) is 8.76. The molecule has 0 atom stereocenters. The van der Waals surface area contributed by atoms with Gasteiger partial charge in [0.1, 0.15) is 36.1 Å². The van der Waals surface area contributed by atoms with Gasteiger partial charge in [0.2, 0.25) is 5.56 Å². The molecule has 338 valence electrons. The lowest BCUT2D eigenvalue weighted by Crippen LogP contribution is -2.41. The number of nitrogens with zero attached hydrogens (tertiary/aromatic N) is 2. The van der Waals surface area contributed by atoms with Crippen LogP contribution in [0.3, 0.4) is 0 Å². The summed E-state index contributed by atoms with van der Waals surface area (Å²) in [5.41, 5.74) is 0.568. The molecule has 4 aromatic rings. The number of alkyl halides is 2. The molecule has 1 saturated heterocycles. The molecule has 3 heterocycles. The molecule has 1 fully saturated rings. The summed E-state index contributed by atoms with van der Waals surface area (Å²) in [4.78, 5) is 47.3. The van der Waals surface area contributed by atoms with Crippen molar-refractivity contribution in [3.63, 3.8) is 0 Å². The molecule has 2 N–H and O–H groups in total. The summed E-state index contributed by atoms with van der Waals surface area (Å²) in [5.74, 6) is 1.01. The molecule has 0 saturated carbocycles. The van der Waals surface area contributed by atoms with Gasteiger partial charge in [0.25, 0.3) is 5.56 Å². The molecule has 2 aromatic heterocycles. The van der Waals surface area contributed by atoms with Crippen LogP contribution >= 0.6 is 15.9 Å². The highest BCUT2D eigenvalue weighted by atomic mass is 79.9. The number of methoxy groups -OCH3 is 2. The van der Waals surface area contributed by atoms with Crippen LogP contribution in [0.5, 0.6) is 11.5 Å². The third-order valence-corrected chi connectivity index (χ3v) is 9.66. The van der Waals surface area contributed by atoms with E-state index in [1.54, 1.807) is 82.7 Å². The van der Waals surface area contributed by atoms with Gasteiger partial charge < -0.3 is 37.4 Å². The van der Waals surface area contributed by atoms with Crippen LogP contribution < -0.4 is 36.7 Å². The zero-order valence-electron chi connectivity index (χ0n) is 37.4. The van der Waals surface area contributed by atoms with Crippen molar-refractivity contribution in [3.05, 3.63) is 98.2 Å². The van der Waals surface area contributed by atoms with Crippen LogP contribution in [0.1, 0.15) is 69.2 Å². The van der Waals surface area contributed by atoms with Gasteiger partial charge >= 0.3 is 19.3 Å². The van der Waals surface area contributed by atoms with Crippen LogP contribution in [0.2, 0.25) is 0 Å². The van der Waals surface area contributed by atoms with Gasteiger partial charge in [-0.25, -0.2) is 18.4 Å². The molecule has 0 unspecified atom stereocenters. The third-order valence-electron chi connectivity index (χ3n) is 9.16. The van der Waals surface area contributed by atoms with Gasteiger partial charge in [0, 0.05) is 29.0 Å². The highest BCUT2D eigenvalue weighted by Gasteiger charge is 2.51. The lowest BCUT2D eigenvalue weighted by Gasteiger charge is -2.32. The number of nitrogens with one attached hydrogen (secondary N) is 2. The number of aryl methyl sites for hydroxylation is 2. The van der Waals surface area contributed by atoms with E-state index in [0.717, 1.165) is 10.0 Å². The number of ether oxygens (including phenoxy) is 4. The number of aromatic nitrogens is 2. The number of hydrogen-bond donors (Lipinski definition) is 2. The van der Waals surface area contributed by atoms with Gasteiger partial charge in [-0.15, -0.1) is 0 Å². The summed E-state index contributed by atoms with van der Waals surface area (Å²) in [5, 5.41) is 5.28. The first-order valence-electron chi connectivity index (χ1n) is 19.7. The van der Waals surface area contributed by atoms with Crippen LogP contribution in [0.4, 0.5) is 29.7 Å². The van der Waals surface area contributed by atoms with E-state index < -0.39 is 55.1 Å². The second kappa shape index (κ2) is 21.7. The van der Waals surface area contributed by atoms with Crippen LogP contribution in [0.25, 0.3) is 11.1 Å². The maximum Gasteiger partial charge on any atom is 0.495 e. The van der Waals surface area contributed by atoms with Gasteiger partial charge in [0.15, 0.2) is 0 Å². The third kappa shape index (κ3) is 15.3. The number of pyridine rings is 2. The minimum atomic E-state index is -0.610. The van der Waals surface area contributed by atoms with Crippen molar-refractivity contribution >= 4 is 52.1 Å². The van der Waals surface area contributed by atoms with Gasteiger partial charge in [-0.1, -0.05) is 22.0 Å². The summed E-state index contributed by atoms with van der Waals surface area (Å²) >= 11 is 3.33. The molecule has 0 radical (unpaired) electrons. The van der Waals surface area contributed by atoms with Crippen molar-refractivity contribution in [2.45, 2.75) is 105 Å². The molecule has 14 nitrogen and oxygen atoms in total. The number of carbonyl (C=O) groups excluding carboxylic acids is 2. The summed E-state index contributed by atoms with van der Waals surface area (Å²) in [6, 6.07) is 16.8.